The highest BCUT2D eigenvalue weighted by Crippen LogP contribution is 2.27. The number of benzene rings is 1. The summed E-state index contributed by atoms with van der Waals surface area (Å²) in [5.41, 5.74) is 3.60. The van der Waals surface area contributed by atoms with Crippen LogP contribution in [0.15, 0.2) is 36.8 Å². The molecule has 24 heavy (non-hydrogen) atoms. The molecule has 0 radical (unpaired) electrons. The van der Waals surface area contributed by atoms with Gasteiger partial charge in [-0.25, -0.2) is 4.98 Å². The zero-order chi connectivity index (χ0) is 16.3. The number of hydrogen-bond donors (Lipinski definition) is 0. The molecule has 0 aliphatic rings. The first-order valence-corrected chi connectivity index (χ1v) is 7.20. The number of fused-ring (bicyclic) bond motifs is 6. The fraction of sp³-hybridized carbons (Fsp3) is 0.0667. The van der Waals surface area contributed by atoms with Gasteiger partial charge in [0, 0.05) is 5.39 Å². The first-order valence-electron chi connectivity index (χ1n) is 7.20. The summed E-state index contributed by atoms with van der Waals surface area (Å²) >= 11 is 0. The molecule has 0 amide bonds. The maximum atomic E-state index is 9.28. The summed E-state index contributed by atoms with van der Waals surface area (Å²) < 4.78 is 4.98. The predicted octanol–water partition coefficient (Wildman–Crippen LogP) is 1.43. The van der Waals surface area contributed by atoms with Crippen LogP contribution < -0.4 is 0 Å². The Morgan fingerprint density at radius 2 is 2.00 bits per heavy atom. The monoisotopic (exact) mass is 315 g/mol. The summed E-state index contributed by atoms with van der Waals surface area (Å²) in [5, 5.41) is 26.7. The van der Waals surface area contributed by atoms with Crippen molar-refractivity contribution in [1.29, 1.82) is 5.26 Å². The van der Waals surface area contributed by atoms with E-state index in [1.807, 2.05) is 39.3 Å². The Balaban J connectivity index is 2.04. The molecule has 4 aromatic heterocycles. The summed E-state index contributed by atoms with van der Waals surface area (Å²) in [4.78, 5) is 4.25. The van der Waals surface area contributed by atoms with E-state index in [1.165, 1.54) is 0 Å². The minimum atomic E-state index is 0.505. The van der Waals surface area contributed by atoms with E-state index in [2.05, 4.69) is 25.5 Å². The van der Waals surface area contributed by atoms with Gasteiger partial charge in [0.2, 0.25) is 6.19 Å². The van der Waals surface area contributed by atoms with Gasteiger partial charge in [0.1, 0.15) is 17.7 Å². The standard InChI is InChI=1S/C15H9N9/c1-9-13(23(7-16)21-18-9)15-20-19-14-10-4-2-3-5-11(10)22-8-17-6-12(22)24(14)15/h2-6,8H,1H3. The molecular weight excluding hydrogens is 306 g/mol. The van der Waals surface area contributed by atoms with Gasteiger partial charge in [-0.2, -0.15) is 5.26 Å². The second-order valence-corrected chi connectivity index (χ2v) is 5.36. The summed E-state index contributed by atoms with van der Waals surface area (Å²) in [5.74, 6) is 0.505. The number of rotatable bonds is 1. The lowest BCUT2D eigenvalue weighted by Gasteiger charge is -2.07. The van der Waals surface area contributed by atoms with Gasteiger partial charge in [-0.1, -0.05) is 17.3 Å². The van der Waals surface area contributed by atoms with Gasteiger partial charge in [-0.3, -0.25) is 8.80 Å². The summed E-state index contributed by atoms with van der Waals surface area (Å²) in [6.45, 7) is 1.78. The smallest absolute Gasteiger partial charge is 0.208 e. The quantitative estimate of drug-likeness (QED) is 0.463. The molecule has 5 aromatic rings. The van der Waals surface area contributed by atoms with Crippen LogP contribution in [0.3, 0.4) is 0 Å². The van der Waals surface area contributed by atoms with Crippen molar-refractivity contribution < 1.29 is 0 Å². The zero-order valence-corrected chi connectivity index (χ0v) is 12.5. The molecule has 4 heterocycles. The van der Waals surface area contributed by atoms with Crippen LogP contribution >= 0.6 is 0 Å². The van der Waals surface area contributed by atoms with Crippen molar-refractivity contribution in [3.05, 3.63) is 42.5 Å². The summed E-state index contributed by atoms with van der Waals surface area (Å²) in [7, 11) is 0. The minimum absolute atomic E-state index is 0.505. The second-order valence-electron chi connectivity index (χ2n) is 5.36. The van der Waals surface area contributed by atoms with Crippen molar-refractivity contribution in [1.82, 2.24) is 39.0 Å². The van der Waals surface area contributed by atoms with Crippen LogP contribution in [-0.2, 0) is 0 Å². The molecule has 9 nitrogen and oxygen atoms in total. The fourth-order valence-electron chi connectivity index (χ4n) is 3.02. The van der Waals surface area contributed by atoms with Crippen LogP contribution in [0.4, 0.5) is 0 Å². The number of para-hydroxylation sites is 1. The topological polar surface area (TPSA) is 102 Å². The van der Waals surface area contributed by atoms with Crippen molar-refractivity contribution in [3.8, 4) is 17.7 Å². The summed E-state index contributed by atoms with van der Waals surface area (Å²) in [6.07, 6.45) is 5.47. The second kappa shape index (κ2) is 4.36. The number of imidazole rings is 1. The van der Waals surface area contributed by atoms with Gasteiger partial charge in [-0.05, 0) is 19.1 Å². The average Bonchev–Trinajstić information content (AvgIpc) is 3.31. The molecule has 0 spiro atoms. The van der Waals surface area contributed by atoms with E-state index in [9.17, 15) is 5.26 Å². The maximum Gasteiger partial charge on any atom is 0.208 e. The number of nitrogens with zero attached hydrogens (tertiary/aromatic N) is 9. The molecule has 0 saturated carbocycles. The van der Waals surface area contributed by atoms with Gasteiger partial charge >= 0.3 is 0 Å². The Labute approximate surface area is 134 Å². The molecule has 9 heteroatoms. The van der Waals surface area contributed by atoms with E-state index < -0.39 is 0 Å². The van der Waals surface area contributed by atoms with Gasteiger partial charge in [-0.15, -0.1) is 20.0 Å². The molecule has 0 N–H and O–H groups in total. The van der Waals surface area contributed by atoms with E-state index in [1.54, 1.807) is 19.4 Å². The molecule has 0 bridgehead atoms. The number of aromatic nitrogens is 8. The normalized spacial score (nSPS) is 11.5. The van der Waals surface area contributed by atoms with E-state index in [0.717, 1.165) is 21.2 Å². The third-order valence-electron chi connectivity index (χ3n) is 4.06. The van der Waals surface area contributed by atoms with Crippen LogP contribution in [0.25, 0.3) is 33.7 Å². The molecule has 114 valence electrons. The lowest BCUT2D eigenvalue weighted by molar-refractivity contribution is 0.813. The van der Waals surface area contributed by atoms with Crippen LogP contribution in [0, 0.1) is 18.4 Å². The SMILES string of the molecule is Cc1nnn(C#N)c1-c1nnc2c3ccccc3n3cncc3n12. The minimum Gasteiger partial charge on any atom is -0.284 e. The van der Waals surface area contributed by atoms with E-state index in [-0.39, 0.29) is 0 Å². The maximum absolute atomic E-state index is 9.28. The zero-order valence-electron chi connectivity index (χ0n) is 12.5. The Morgan fingerprint density at radius 3 is 2.88 bits per heavy atom. The van der Waals surface area contributed by atoms with E-state index in [4.69, 9.17) is 0 Å². The van der Waals surface area contributed by atoms with Crippen molar-refractivity contribution >= 4 is 22.2 Å². The Hall–Kier alpha value is -3.80. The molecule has 0 unspecified atom stereocenters. The first kappa shape index (κ1) is 12.7. The first-order chi connectivity index (χ1) is 11.8. The van der Waals surface area contributed by atoms with Gasteiger partial charge in [0.05, 0.1) is 17.4 Å². The van der Waals surface area contributed by atoms with Crippen molar-refractivity contribution in [2.45, 2.75) is 6.92 Å². The van der Waals surface area contributed by atoms with E-state index >= 15 is 0 Å². The molecular formula is C15H9N9. The highest BCUT2D eigenvalue weighted by atomic mass is 15.4. The summed E-state index contributed by atoms with van der Waals surface area (Å²) in [6, 6.07) is 7.90. The molecule has 0 atom stereocenters. The van der Waals surface area contributed by atoms with Crippen LogP contribution in [0.5, 0.6) is 0 Å². The van der Waals surface area contributed by atoms with Crippen LogP contribution in [-0.4, -0.2) is 39.0 Å². The van der Waals surface area contributed by atoms with Gasteiger partial charge in [0.15, 0.2) is 11.5 Å². The fourth-order valence-corrected chi connectivity index (χ4v) is 3.02. The van der Waals surface area contributed by atoms with Gasteiger partial charge < -0.3 is 0 Å². The number of hydrogen-bond acceptors (Lipinski definition) is 6. The highest BCUT2D eigenvalue weighted by Gasteiger charge is 2.21. The van der Waals surface area contributed by atoms with Crippen molar-refractivity contribution in [2.24, 2.45) is 0 Å². The lowest BCUT2D eigenvalue weighted by Crippen LogP contribution is -2.02. The Morgan fingerprint density at radius 1 is 1.12 bits per heavy atom. The van der Waals surface area contributed by atoms with E-state index in [0.29, 0.717) is 22.9 Å². The average molecular weight is 315 g/mol. The molecule has 0 saturated heterocycles. The van der Waals surface area contributed by atoms with Gasteiger partial charge in [0.25, 0.3) is 0 Å². The molecule has 0 fully saturated rings. The predicted molar refractivity (Wildman–Crippen MR) is 84.0 cm³/mol. The molecule has 0 aliphatic heterocycles. The van der Waals surface area contributed by atoms with Crippen LogP contribution in [0.2, 0.25) is 0 Å². The van der Waals surface area contributed by atoms with Crippen molar-refractivity contribution in [3.63, 3.8) is 0 Å². The third kappa shape index (κ3) is 1.44. The molecule has 1 aromatic carbocycles. The van der Waals surface area contributed by atoms with Crippen LogP contribution in [0.1, 0.15) is 5.69 Å². The number of aryl methyl sites for hydroxylation is 1. The third-order valence-corrected chi connectivity index (χ3v) is 4.06. The Bertz CT molecular complexity index is 1280. The largest absolute Gasteiger partial charge is 0.284 e. The lowest BCUT2D eigenvalue weighted by atomic mass is 10.2. The highest BCUT2D eigenvalue weighted by molar-refractivity contribution is 5.94. The molecule has 5 rings (SSSR count). The molecule has 0 aliphatic carbocycles. The number of nitriles is 1. The Kier molecular flexibility index (Phi) is 2.31. The van der Waals surface area contributed by atoms with Crippen molar-refractivity contribution in [2.75, 3.05) is 0 Å².